The molecule has 0 spiro atoms. The van der Waals surface area contributed by atoms with Crippen LogP contribution in [0.1, 0.15) is 103 Å². The van der Waals surface area contributed by atoms with Gasteiger partial charge in [0.05, 0.1) is 5.75 Å². The minimum atomic E-state index is -3.93. The Bertz CT molecular complexity index is 427. The summed E-state index contributed by atoms with van der Waals surface area (Å²) in [4.78, 5) is 3.81. The van der Waals surface area contributed by atoms with E-state index in [9.17, 15) is 13.5 Å². The summed E-state index contributed by atoms with van der Waals surface area (Å²) < 4.78 is 29.6. The Kier molecular flexibility index (Phi) is 23.3. The van der Waals surface area contributed by atoms with E-state index in [0.717, 1.165) is 12.8 Å². The third-order valence-electron chi connectivity index (χ3n) is 4.34. The van der Waals surface area contributed by atoms with E-state index in [2.05, 4.69) is 11.9 Å². The number of hydrogen-bond donors (Lipinski definition) is 1. The summed E-state index contributed by atoms with van der Waals surface area (Å²) in [6.07, 6.45) is 17.2. The maximum Gasteiger partial charge on any atom is 1.00 e. The Balaban J connectivity index is 0. The van der Waals surface area contributed by atoms with Gasteiger partial charge in [-0.1, -0.05) is 84.0 Å². The van der Waals surface area contributed by atoms with Gasteiger partial charge in [-0.05, 0) is 25.2 Å². The van der Waals surface area contributed by atoms with Crippen molar-refractivity contribution in [1.82, 2.24) is 0 Å². The molecule has 0 heterocycles. The molecular weight excluding hydrogens is 377 g/mol. The molecule has 1 N–H and O–H groups in total. The molecule has 7 heteroatoms. The van der Waals surface area contributed by atoms with Crippen molar-refractivity contribution in [2.75, 3.05) is 12.3 Å². The van der Waals surface area contributed by atoms with E-state index in [4.69, 9.17) is 4.55 Å². The fourth-order valence-corrected chi connectivity index (χ4v) is 3.32. The molecule has 26 heavy (non-hydrogen) atoms. The Hall–Kier alpha value is 1.02. The number of hydrogen-bond acceptors (Lipinski definition) is 4. The molecule has 0 aromatic rings. The van der Waals surface area contributed by atoms with E-state index in [1.54, 1.807) is 0 Å². The van der Waals surface area contributed by atoms with E-state index in [1.165, 1.54) is 70.6 Å². The van der Waals surface area contributed by atoms with Crippen LogP contribution in [0.15, 0.2) is 4.99 Å². The standard InChI is InChI=1S/C19H39NO4S.K/c1-2-3-4-5-6-7-8-9-10-11-12-13-14-16-19(21)20-17-15-18-25(22,23)24;/h2-18H2,1H3,(H,20,21)(H,22,23,24);/q;+1/p-1. The fraction of sp³-hybridized carbons (Fsp3) is 0.947. The zero-order valence-corrected chi connectivity index (χ0v) is 21.0. The van der Waals surface area contributed by atoms with Crippen molar-refractivity contribution in [2.45, 2.75) is 103 Å². The van der Waals surface area contributed by atoms with Gasteiger partial charge in [-0.3, -0.25) is 4.55 Å². The van der Waals surface area contributed by atoms with Gasteiger partial charge in [0.1, 0.15) is 0 Å². The molecule has 0 radical (unpaired) electrons. The molecule has 0 aliphatic carbocycles. The molecule has 0 saturated carbocycles. The minimum absolute atomic E-state index is 0. The van der Waals surface area contributed by atoms with Crippen molar-refractivity contribution in [3.63, 3.8) is 0 Å². The first-order valence-electron chi connectivity index (χ1n) is 10.1. The molecular formula is C19H38KNO4S. The molecule has 5 nitrogen and oxygen atoms in total. The summed E-state index contributed by atoms with van der Waals surface area (Å²) in [5.41, 5.74) is 0. The fourth-order valence-electron chi connectivity index (χ4n) is 2.82. The van der Waals surface area contributed by atoms with Gasteiger partial charge in [0, 0.05) is 6.54 Å². The average molecular weight is 416 g/mol. The van der Waals surface area contributed by atoms with Gasteiger partial charge in [-0.25, -0.2) is 0 Å². The van der Waals surface area contributed by atoms with Crippen LogP contribution in [0.5, 0.6) is 0 Å². The number of rotatable bonds is 18. The number of aliphatic imine (C=N–C) groups is 1. The van der Waals surface area contributed by atoms with Gasteiger partial charge in [0.25, 0.3) is 10.1 Å². The summed E-state index contributed by atoms with van der Waals surface area (Å²) in [7, 11) is -3.93. The van der Waals surface area contributed by atoms with Gasteiger partial charge in [-0.15, -0.1) is 0 Å². The molecule has 0 aliphatic heterocycles. The van der Waals surface area contributed by atoms with Crippen molar-refractivity contribution in [3.05, 3.63) is 0 Å². The molecule has 150 valence electrons. The SMILES string of the molecule is CCCCCCCCCCCCCCCC([O-])=NCCCS(=O)(=O)O.[K+]. The van der Waals surface area contributed by atoms with Crippen LogP contribution in [-0.4, -0.2) is 31.2 Å². The van der Waals surface area contributed by atoms with E-state index in [-0.39, 0.29) is 76.0 Å². The van der Waals surface area contributed by atoms with Crippen LogP contribution < -0.4 is 56.5 Å². The Morgan fingerprint density at radius 1 is 0.808 bits per heavy atom. The molecule has 0 amide bonds. The zero-order valence-electron chi connectivity index (χ0n) is 17.0. The van der Waals surface area contributed by atoms with Crippen LogP contribution in [0.4, 0.5) is 0 Å². The first-order valence-corrected chi connectivity index (χ1v) is 11.7. The van der Waals surface area contributed by atoms with Gasteiger partial charge in [-0.2, -0.15) is 8.42 Å². The Morgan fingerprint density at radius 3 is 1.65 bits per heavy atom. The summed E-state index contributed by atoms with van der Waals surface area (Å²) >= 11 is 0. The third-order valence-corrected chi connectivity index (χ3v) is 5.15. The second-order valence-electron chi connectivity index (χ2n) is 6.91. The van der Waals surface area contributed by atoms with E-state index in [1.807, 2.05) is 0 Å². The minimum Gasteiger partial charge on any atom is -0.862 e. The summed E-state index contributed by atoms with van der Waals surface area (Å²) in [5.74, 6) is -0.485. The smallest absolute Gasteiger partial charge is 0.862 e. The van der Waals surface area contributed by atoms with Crippen LogP contribution in [-0.2, 0) is 10.1 Å². The van der Waals surface area contributed by atoms with E-state index >= 15 is 0 Å². The molecule has 0 atom stereocenters. The molecule has 0 aliphatic rings. The van der Waals surface area contributed by atoms with Crippen molar-refractivity contribution in [2.24, 2.45) is 4.99 Å². The van der Waals surface area contributed by atoms with Crippen LogP contribution >= 0.6 is 0 Å². The van der Waals surface area contributed by atoms with Crippen molar-refractivity contribution in [1.29, 1.82) is 0 Å². The van der Waals surface area contributed by atoms with Crippen LogP contribution in [0.25, 0.3) is 0 Å². The normalized spacial score (nSPS) is 12.2. The number of unbranched alkanes of at least 4 members (excludes halogenated alkanes) is 12. The molecule has 0 aromatic carbocycles. The largest absolute Gasteiger partial charge is 1.00 e. The van der Waals surface area contributed by atoms with Crippen molar-refractivity contribution in [3.8, 4) is 0 Å². The second-order valence-corrected chi connectivity index (χ2v) is 8.48. The maximum absolute atomic E-state index is 11.5. The van der Waals surface area contributed by atoms with Crippen molar-refractivity contribution < 1.29 is 69.5 Å². The number of nitrogens with zero attached hydrogens (tertiary/aromatic N) is 1. The van der Waals surface area contributed by atoms with Gasteiger partial charge in [0.15, 0.2) is 0 Å². The molecule has 0 fully saturated rings. The molecule has 0 unspecified atom stereocenters. The molecule has 0 aromatic heterocycles. The van der Waals surface area contributed by atoms with E-state index < -0.39 is 10.1 Å². The summed E-state index contributed by atoms with van der Waals surface area (Å²) in [6, 6.07) is 0. The molecule has 0 rings (SSSR count). The summed E-state index contributed by atoms with van der Waals surface area (Å²) in [5, 5.41) is 11.5. The maximum atomic E-state index is 11.5. The second kappa shape index (κ2) is 20.7. The van der Waals surface area contributed by atoms with Crippen LogP contribution in [0, 0.1) is 0 Å². The molecule has 0 bridgehead atoms. The van der Waals surface area contributed by atoms with Gasteiger partial charge >= 0.3 is 51.4 Å². The topological polar surface area (TPSA) is 89.8 Å². The van der Waals surface area contributed by atoms with E-state index in [0.29, 0.717) is 6.42 Å². The predicted octanol–water partition coefficient (Wildman–Crippen LogP) is 1.51. The van der Waals surface area contributed by atoms with Gasteiger partial charge < -0.3 is 10.1 Å². The van der Waals surface area contributed by atoms with Crippen LogP contribution in [0.3, 0.4) is 0 Å². The Labute approximate surface area is 204 Å². The van der Waals surface area contributed by atoms with Crippen molar-refractivity contribution >= 4 is 16.0 Å². The zero-order chi connectivity index (χ0) is 18.8. The van der Waals surface area contributed by atoms with Gasteiger partial charge in [0.2, 0.25) is 0 Å². The monoisotopic (exact) mass is 415 g/mol. The predicted molar refractivity (Wildman–Crippen MR) is 104 cm³/mol. The first kappa shape index (κ1) is 29.2. The first-order chi connectivity index (χ1) is 12.0. The average Bonchev–Trinajstić information content (AvgIpc) is 2.55. The third kappa shape index (κ3) is 25.0. The quantitative estimate of drug-likeness (QED) is 0.121. The molecule has 0 saturated heterocycles. The summed E-state index contributed by atoms with van der Waals surface area (Å²) in [6.45, 7) is 2.43. The van der Waals surface area contributed by atoms with Crippen LogP contribution in [0.2, 0.25) is 0 Å². The Morgan fingerprint density at radius 2 is 1.23 bits per heavy atom.